The quantitative estimate of drug-likeness (QED) is 0.886. The molecule has 1 saturated carbocycles. The molecular weight excluding hydrogens is 254 g/mol. The van der Waals surface area contributed by atoms with Gasteiger partial charge in [0.05, 0.1) is 11.3 Å². The van der Waals surface area contributed by atoms with Gasteiger partial charge in [0.1, 0.15) is 0 Å². The van der Waals surface area contributed by atoms with Crippen LogP contribution in [0.4, 0.5) is 11.5 Å². The van der Waals surface area contributed by atoms with Crippen LogP contribution < -0.4 is 10.6 Å². The van der Waals surface area contributed by atoms with Crippen LogP contribution in [0.2, 0.25) is 0 Å². The Morgan fingerprint density at radius 2 is 2.05 bits per heavy atom. The summed E-state index contributed by atoms with van der Waals surface area (Å²) in [5, 5.41) is 8.98. The second-order valence-corrected chi connectivity index (χ2v) is 5.89. The first-order valence-electron chi connectivity index (χ1n) is 7.42. The van der Waals surface area contributed by atoms with Gasteiger partial charge in [-0.1, -0.05) is 12.8 Å². The lowest BCUT2D eigenvalue weighted by molar-refractivity contribution is 0.0696. The maximum atomic E-state index is 11.0. The fourth-order valence-corrected chi connectivity index (χ4v) is 3.72. The van der Waals surface area contributed by atoms with Gasteiger partial charge in [-0.2, -0.15) is 0 Å². The third-order valence-corrected chi connectivity index (χ3v) is 4.66. The van der Waals surface area contributed by atoms with Crippen LogP contribution in [-0.4, -0.2) is 28.6 Å². The molecule has 5 nitrogen and oxygen atoms in total. The van der Waals surface area contributed by atoms with E-state index in [1.807, 2.05) is 0 Å². The fourth-order valence-electron chi connectivity index (χ4n) is 3.72. The third kappa shape index (κ3) is 2.32. The lowest BCUT2D eigenvalue weighted by Crippen LogP contribution is -2.35. The number of nitrogen functional groups attached to an aromatic ring is 1. The number of nitrogens with zero attached hydrogens (tertiary/aromatic N) is 2. The molecule has 3 rings (SSSR count). The van der Waals surface area contributed by atoms with E-state index in [2.05, 4.69) is 9.88 Å². The van der Waals surface area contributed by atoms with Crippen LogP contribution in [0.3, 0.4) is 0 Å². The van der Waals surface area contributed by atoms with E-state index in [9.17, 15) is 4.79 Å². The number of hydrogen-bond acceptors (Lipinski definition) is 4. The predicted molar refractivity (Wildman–Crippen MR) is 77.9 cm³/mol. The van der Waals surface area contributed by atoms with Crippen LogP contribution in [0.25, 0.3) is 0 Å². The van der Waals surface area contributed by atoms with E-state index in [0.717, 1.165) is 18.3 Å². The van der Waals surface area contributed by atoms with Gasteiger partial charge in [-0.3, -0.25) is 0 Å². The molecule has 0 aromatic carbocycles. The number of carboxylic acids is 1. The highest BCUT2D eigenvalue weighted by atomic mass is 16.4. The zero-order valence-corrected chi connectivity index (χ0v) is 11.6. The van der Waals surface area contributed by atoms with E-state index >= 15 is 0 Å². The van der Waals surface area contributed by atoms with Gasteiger partial charge in [0.15, 0.2) is 5.82 Å². The Morgan fingerprint density at radius 1 is 1.30 bits per heavy atom. The van der Waals surface area contributed by atoms with Crippen LogP contribution in [-0.2, 0) is 0 Å². The molecule has 5 heteroatoms. The van der Waals surface area contributed by atoms with Crippen molar-refractivity contribution in [3.63, 3.8) is 0 Å². The standard InChI is InChI=1S/C15H21N3O2/c16-12-8-11(15(19)20)9-17-14(12)18-7-3-6-13(18)10-4-1-2-5-10/h8-10,13H,1-7,16H2,(H,19,20). The van der Waals surface area contributed by atoms with Crippen LogP contribution in [0.15, 0.2) is 12.3 Å². The summed E-state index contributed by atoms with van der Waals surface area (Å²) in [4.78, 5) is 17.6. The van der Waals surface area contributed by atoms with E-state index in [4.69, 9.17) is 10.8 Å². The maximum absolute atomic E-state index is 11.0. The molecule has 20 heavy (non-hydrogen) atoms. The number of pyridine rings is 1. The highest BCUT2D eigenvalue weighted by Crippen LogP contribution is 2.38. The summed E-state index contributed by atoms with van der Waals surface area (Å²) in [6, 6.07) is 2.05. The second kappa shape index (κ2) is 5.31. The molecule has 1 aliphatic heterocycles. The number of hydrogen-bond donors (Lipinski definition) is 2. The number of aromatic nitrogens is 1. The Morgan fingerprint density at radius 3 is 2.70 bits per heavy atom. The third-order valence-electron chi connectivity index (χ3n) is 4.66. The van der Waals surface area contributed by atoms with Crippen molar-refractivity contribution < 1.29 is 9.90 Å². The van der Waals surface area contributed by atoms with Crippen LogP contribution in [0, 0.1) is 5.92 Å². The van der Waals surface area contributed by atoms with Crippen molar-refractivity contribution >= 4 is 17.5 Å². The van der Waals surface area contributed by atoms with Crippen molar-refractivity contribution in [2.75, 3.05) is 17.2 Å². The monoisotopic (exact) mass is 275 g/mol. The Bertz CT molecular complexity index is 512. The molecule has 2 aliphatic rings. The highest BCUT2D eigenvalue weighted by molar-refractivity contribution is 5.89. The summed E-state index contributed by atoms with van der Waals surface area (Å²) < 4.78 is 0. The fraction of sp³-hybridized carbons (Fsp3) is 0.600. The van der Waals surface area contributed by atoms with Gasteiger partial charge in [-0.25, -0.2) is 9.78 Å². The SMILES string of the molecule is Nc1cc(C(=O)O)cnc1N1CCCC1C1CCCC1. The van der Waals surface area contributed by atoms with Crippen LogP contribution >= 0.6 is 0 Å². The Kier molecular flexibility index (Phi) is 3.51. The van der Waals surface area contributed by atoms with Crippen LogP contribution in [0.5, 0.6) is 0 Å². The molecule has 0 radical (unpaired) electrons. The second-order valence-electron chi connectivity index (χ2n) is 5.89. The molecule has 1 aromatic rings. The molecule has 3 N–H and O–H groups in total. The summed E-state index contributed by atoms with van der Waals surface area (Å²) in [5.41, 5.74) is 6.67. The summed E-state index contributed by atoms with van der Waals surface area (Å²) in [7, 11) is 0. The van der Waals surface area contributed by atoms with Gasteiger partial charge < -0.3 is 15.7 Å². The zero-order valence-electron chi connectivity index (χ0n) is 11.6. The minimum Gasteiger partial charge on any atom is -0.478 e. The number of aromatic carboxylic acids is 1. The average molecular weight is 275 g/mol. The van der Waals surface area contributed by atoms with Crippen molar-refractivity contribution in [3.05, 3.63) is 17.8 Å². The molecule has 0 amide bonds. The average Bonchev–Trinajstić information content (AvgIpc) is 3.09. The first-order valence-corrected chi connectivity index (χ1v) is 7.42. The molecule has 1 atom stereocenters. The molecule has 2 heterocycles. The van der Waals surface area contributed by atoms with Crippen LogP contribution in [0.1, 0.15) is 48.9 Å². The smallest absolute Gasteiger partial charge is 0.337 e. The number of nitrogens with two attached hydrogens (primary N) is 1. The summed E-state index contributed by atoms with van der Waals surface area (Å²) in [6.45, 7) is 0.977. The lowest BCUT2D eigenvalue weighted by atomic mass is 9.96. The molecule has 0 bridgehead atoms. The van der Waals surface area contributed by atoms with E-state index in [1.54, 1.807) is 0 Å². The van der Waals surface area contributed by atoms with E-state index in [-0.39, 0.29) is 5.56 Å². The molecular formula is C15H21N3O2. The Hall–Kier alpha value is -1.78. The van der Waals surface area contributed by atoms with E-state index < -0.39 is 5.97 Å². The van der Waals surface area contributed by atoms with Gasteiger partial charge in [-0.15, -0.1) is 0 Å². The molecule has 108 valence electrons. The minimum absolute atomic E-state index is 0.155. The van der Waals surface area contributed by atoms with Gasteiger partial charge in [0, 0.05) is 18.8 Å². The lowest BCUT2D eigenvalue weighted by Gasteiger charge is -2.31. The first kappa shape index (κ1) is 13.2. The number of carboxylic acid groups (broad SMARTS) is 1. The number of carbonyl (C=O) groups is 1. The molecule has 0 spiro atoms. The Balaban J connectivity index is 1.85. The largest absolute Gasteiger partial charge is 0.478 e. The zero-order chi connectivity index (χ0) is 14.1. The summed E-state index contributed by atoms with van der Waals surface area (Å²) in [5.74, 6) is 0.534. The molecule has 1 aromatic heterocycles. The van der Waals surface area contributed by atoms with E-state index in [0.29, 0.717) is 11.7 Å². The first-order chi connectivity index (χ1) is 9.66. The Labute approximate surface area is 118 Å². The van der Waals surface area contributed by atoms with Crippen molar-refractivity contribution in [2.45, 2.75) is 44.6 Å². The van der Waals surface area contributed by atoms with Crippen molar-refractivity contribution in [1.82, 2.24) is 4.98 Å². The number of anilines is 2. The van der Waals surface area contributed by atoms with Crippen molar-refractivity contribution in [2.24, 2.45) is 5.92 Å². The highest BCUT2D eigenvalue weighted by Gasteiger charge is 2.34. The molecule has 1 aliphatic carbocycles. The van der Waals surface area contributed by atoms with Crippen molar-refractivity contribution in [3.8, 4) is 0 Å². The summed E-state index contributed by atoms with van der Waals surface area (Å²) >= 11 is 0. The molecule has 2 fully saturated rings. The maximum Gasteiger partial charge on any atom is 0.337 e. The van der Waals surface area contributed by atoms with Gasteiger partial charge in [0.25, 0.3) is 0 Å². The van der Waals surface area contributed by atoms with Crippen molar-refractivity contribution in [1.29, 1.82) is 0 Å². The molecule has 1 saturated heterocycles. The van der Waals surface area contributed by atoms with Gasteiger partial charge in [-0.05, 0) is 37.7 Å². The van der Waals surface area contributed by atoms with E-state index in [1.165, 1.54) is 50.8 Å². The normalized spacial score (nSPS) is 23.4. The minimum atomic E-state index is -0.982. The van der Waals surface area contributed by atoms with Gasteiger partial charge >= 0.3 is 5.97 Å². The predicted octanol–water partition coefficient (Wildman–Crippen LogP) is 2.52. The number of rotatable bonds is 3. The summed E-state index contributed by atoms with van der Waals surface area (Å²) in [6.07, 6.45) is 9.04. The topological polar surface area (TPSA) is 79.5 Å². The van der Waals surface area contributed by atoms with Gasteiger partial charge in [0.2, 0.25) is 0 Å². The molecule has 1 unspecified atom stereocenters.